The first-order chi connectivity index (χ1) is 6.79. The second-order valence-corrected chi connectivity index (χ2v) is 3.58. The van der Waals surface area contributed by atoms with Crippen molar-refractivity contribution in [3.05, 3.63) is 22.8 Å². The SMILES string of the molecule is CCn1nnc(-c2ccc(Br)cn2)n1. The van der Waals surface area contributed by atoms with Crippen molar-refractivity contribution >= 4 is 15.9 Å². The summed E-state index contributed by atoms with van der Waals surface area (Å²) in [5.74, 6) is 0.555. The molecule has 2 rings (SSSR count). The van der Waals surface area contributed by atoms with Crippen molar-refractivity contribution < 1.29 is 0 Å². The van der Waals surface area contributed by atoms with Gasteiger partial charge in [0.25, 0.3) is 0 Å². The summed E-state index contributed by atoms with van der Waals surface area (Å²) in [4.78, 5) is 5.70. The normalized spacial score (nSPS) is 10.4. The Morgan fingerprint density at radius 2 is 2.29 bits per heavy atom. The molecule has 0 spiro atoms. The van der Waals surface area contributed by atoms with Crippen molar-refractivity contribution in [2.45, 2.75) is 13.5 Å². The summed E-state index contributed by atoms with van der Waals surface area (Å²) < 4.78 is 0.934. The Hall–Kier alpha value is -1.30. The van der Waals surface area contributed by atoms with Gasteiger partial charge in [0.2, 0.25) is 5.82 Å². The van der Waals surface area contributed by atoms with Crippen molar-refractivity contribution in [1.82, 2.24) is 25.2 Å². The second-order valence-electron chi connectivity index (χ2n) is 2.66. The maximum absolute atomic E-state index is 4.17. The lowest BCUT2D eigenvalue weighted by molar-refractivity contribution is 0.552. The quantitative estimate of drug-likeness (QED) is 0.815. The van der Waals surface area contributed by atoms with E-state index < -0.39 is 0 Å². The van der Waals surface area contributed by atoms with Crippen molar-refractivity contribution in [3.63, 3.8) is 0 Å². The minimum absolute atomic E-state index is 0.555. The van der Waals surface area contributed by atoms with Crippen LogP contribution in [0.5, 0.6) is 0 Å². The van der Waals surface area contributed by atoms with E-state index in [9.17, 15) is 0 Å². The number of aromatic nitrogens is 5. The van der Waals surface area contributed by atoms with Gasteiger partial charge in [0, 0.05) is 10.7 Å². The third-order valence-electron chi connectivity index (χ3n) is 1.69. The Morgan fingerprint density at radius 3 is 2.86 bits per heavy atom. The molecule has 0 aliphatic heterocycles. The molecule has 14 heavy (non-hydrogen) atoms. The first kappa shape index (κ1) is 9.26. The highest BCUT2D eigenvalue weighted by molar-refractivity contribution is 9.10. The van der Waals surface area contributed by atoms with Gasteiger partial charge < -0.3 is 0 Å². The Bertz CT molecular complexity index is 422. The highest BCUT2D eigenvalue weighted by atomic mass is 79.9. The molecule has 0 unspecified atom stereocenters. The summed E-state index contributed by atoms with van der Waals surface area (Å²) in [7, 11) is 0. The lowest BCUT2D eigenvalue weighted by Crippen LogP contribution is -1.98. The molecular weight excluding hydrogens is 246 g/mol. The Morgan fingerprint density at radius 1 is 1.43 bits per heavy atom. The topological polar surface area (TPSA) is 56.5 Å². The highest BCUT2D eigenvalue weighted by Crippen LogP contribution is 2.13. The number of hydrogen-bond donors (Lipinski definition) is 0. The maximum Gasteiger partial charge on any atom is 0.223 e. The van der Waals surface area contributed by atoms with Gasteiger partial charge in [0.15, 0.2) is 0 Å². The Balaban J connectivity index is 2.34. The Labute approximate surface area is 89.3 Å². The van der Waals surface area contributed by atoms with Crippen LogP contribution in [-0.2, 0) is 6.54 Å². The van der Waals surface area contributed by atoms with Gasteiger partial charge in [-0.2, -0.15) is 4.80 Å². The van der Waals surface area contributed by atoms with E-state index in [2.05, 4.69) is 36.3 Å². The van der Waals surface area contributed by atoms with Gasteiger partial charge in [0.05, 0.1) is 6.54 Å². The molecular formula is C8H8BrN5. The molecule has 2 aromatic heterocycles. The molecule has 2 aromatic rings. The van der Waals surface area contributed by atoms with Crippen LogP contribution in [0.2, 0.25) is 0 Å². The molecule has 6 heteroatoms. The fraction of sp³-hybridized carbons (Fsp3) is 0.250. The molecule has 0 bridgehead atoms. The van der Waals surface area contributed by atoms with Crippen molar-refractivity contribution in [2.24, 2.45) is 0 Å². The first-order valence-electron chi connectivity index (χ1n) is 4.19. The smallest absolute Gasteiger partial charge is 0.223 e. The van der Waals surface area contributed by atoms with E-state index in [-0.39, 0.29) is 0 Å². The number of aryl methyl sites for hydroxylation is 1. The van der Waals surface area contributed by atoms with Gasteiger partial charge in [-0.05, 0) is 40.2 Å². The van der Waals surface area contributed by atoms with Crippen LogP contribution >= 0.6 is 15.9 Å². The first-order valence-corrected chi connectivity index (χ1v) is 4.98. The number of halogens is 1. The van der Waals surface area contributed by atoms with Crippen LogP contribution in [0, 0.1) is 0 Å². The molecule has 2 heterocycles. The van der Waals surface area contributed by atoms with Crippen LogP contribution < -0.4 is 0 Å². The lowest BCUT2D eigenvalue weighted by Gasteiger charge is -1.92. The van der Waals surface area contributed by atoms with Gasteiger partial charge in [-0.3, -0.25) is 4.98 Å². The zero-order chi connectivity index (χ0) is 9.97. The standard InChI is InChI=1S/C8H8BrN5/c1-2-14-12-8(11-13-14)7-4-3-6(9)5-10-7/h3-5H,2H2,1H3. The number of rotatable bonds is 2. The van der Waals surface area contributed by atoms with Crippen molar-refractivity contribution in [3.8, 4) is 11.5 Å². The molecule has 0 aliphatic rings. The summed E-state index contributed by atoms with van der Waals surface area (Å²) in [6.07, 6.45) is 1.71. The van der Waals surface area contributed by atoms with E-state index in [0.29, 0.717) is 12.4 Å². The van der Waals surface area contributed by atoms with Gasteiger partial charge >= 0.3 is 0 Å². The second kappa shape index (κ2) is 3.83. The zero-order valence-electron chi connectivity index (χ0n) is 7.55. The van der Waals surface area contributed by atoms with E-state index in [4.69, 9.17) is 0 Å². The molecule has 0 amide bonds. The molecule has 0 atom stereocenters. The van der Waals surface area contributed by atoms with Gasteiger partial charge in [0.1, 0.15) is 5.69 Å². The minimum atomic E-state index is 0.555. The predicted molar refractivity (Wildman–Crippen MR) is 54.4 cm³/mol. The monoisotopic (exact) mass is 253 g/mol. The molecule has 0 saturated heterocycles. The lowest BCUT2D eigenvalue weighted by atomic mass is 10.3. The number of hydrogen-bond acceptors (Lipinski definition) is 4. The molecule has 0 aliphatic carbocycles. The maximum atomic E-state index is 4.17. The van der Waals surface area contributed by atoms with E-state index in [1.54, 1.807) is 6.20 Å². The summed E-state index contributed by atoms with van der Waals surface area (Å²) >= 11 is 3.31. The van der Waals surface area contributed by atoms with E-state index in [1.165, 1.54) is 4.80 Å². The summed E-state index contributed by atoms with van der Waals surface area (Å²) in [6.45, 7) is 2.67. The molecule has 0 radical (unpaired) electrons. The molecule has 0 N–H and O–H groups in total. The highest BCUT2D eigenvalue weighted by Gasteiger charge is 2.05. The van der Waals surface area contributed by atoms with Crippen molar-refractivity contribution in [2.75, 3.05) is 0 Å². The van der Waals surface area contributed by atoms with Crippen molar-refractivity contribution in [1.29, 1.82) is 0 Å². The minimum Gasteiger partial charge on any atom is -0.252 e. The molecule has 5 nitrogen and oxygen atoms in total. The summed E-state index contributed by atoms with van der Waals surface area (Å²) in [5.41, 5.74) is 0.730. The molecule has 72 valence electrons. The Kier molecular flexibility index (Phi) is 2.53. The van der Waals surface area contributed by atoms with Gasteiger partial charge in [-0.1, -0.05) is 0 Å². The third kappa shape index (κ3) is 1.79. The average Bonchev–Trinajstić information content (AvgIpc) is 2.67. The number of pyridine rings is 1. The van der Waals surface area contributed by atoms with Crippen LogP contribution in [0.4, 0.5) is 0 Å². The molecule has 0 fully saturated rings. The van der Waals surface area contributed by atoms with Crippen LogP contribution in [0.15, 0.2) is 22.8 Å². The fourth-order valence-electron chi connectivity index (χ4n) is 0.988. The van der Waals surface area contributed by atoms with E-state index >= 15 is 0 Å². The number of nitrogens with zero attached hydrogens (tertiary/aromatic N) is 5. The van der Waals surface area contributed by atoms with E-state index in [0.717, 1.165) is 10.2 Å². The average molecular weight is 254 g/mol. The van der Waals surface area contributed by atoms with Crippen LogP contribution in [0.25, 0.3) is 11.5 Å². The van der Waals surface area contributed by atoms with Crippen LogP contribution in [0.3, 0.4) is 0 Å². The third-order valence-corrected chi connectivity index (χ3v) is 2.16. The van der Waals surface area contributed by atoms with E-state index in [1.807, 2.05) is 19.1 Å². The fourth-order valence-corrected chi connectivity index (χ4v) is 1.22. The van der Waals surface area contributed by atoms with Gasteiger partial charge in [-0.25, -0.2) is 0 Å². The van der Waals surface area contributed by atoms with Gasteiger partial charge in [-0.15, -0.1) is 10.2 Å². The predicted octanol–water partition coefficient (Wildman–Crippen LogP) is 1.52. The summed E-state index contributed by atoms with van der Waals surface area (Å²) in [5, 5.41) is 11.9. The largest absolute Gasteiger partial charge is 0.252 e. The van der Waals surface area contributed by atoms with Crippen LogP contribution in [-0.4, -0.2) is 25.2 Å². The molecule has 0 aromatic carbocycles. The molecule has 0 saturated carbocycles. The summed E-state index contributed by atoms with van der Waals surface area (Å²) in [6, 6.07) is 3.75. The number of tetrazole rings is 1. The zero-order valence-corrected chi connectivity index (χ0v) is 9.14. The van der Waals surface area contributed by atoms with Crippen LogP contribution in [0.1, 0.15) is 6.92 Å².